The average molecular weight is 318 g/mol. The van der Waals surface area contributed by atoms with Crippen molar-refractivity contribution in [2.24, 2.45) is 0 Å². The summed E-state index contributed by atoms with van der Waals surface area (Å²) in [4.78, 5) is 1.33. The van der Waals surface area contributed by atoms with Gasteiger partial charge in [0.2, 0.25) is 0 Å². The van der Waals surface area contributed by atoms with E-state index >= 15 is 0 Å². The van der Waals surface area contributed by atoms with Crippen molar-refractivity contribution in [3.63, 3.8) is 0 Å². The summed E-state index contributed by atoms with van der Waals surface area (Å²) in [6.07, 6.45) is 3.85. The van der Waals surface area contributed by atoms with E-state index in [9.17, 15) is 4.21 Å². The smallest absolute Gasteiger partial charge is 0.0410 e. The van der Waals surface area contributed by atoms with Crippen LogP contribution in [-0.4, -0.2) is 28.0 Å². The van der Waals surface area contributed by atoms with Crippen LogP contribution in [0.25, 0.3) is 0 Å². The maximum atomic E-state index is 11.3. The molecule has 1 aromatic rings. The molecule has 0 fully saturated rings. The minimum absolute atomic E-state index is 0.254. The molecule has 0 saturated carbocycles. The number of nitrogens with one attached hydrogen (secondary N) is 1. The molecule has 1 aromatic carbocycles. The second kappa shape index (κ2) is 7.11. The summed E-state index contributed by atoms with van der Waals surface area (Å²) in [6.45, 7) is 2.95. The van der Waals surface area contributed by atoms with Gasteiger partial charge in [0.05, 0.1) is 0 Å². The standard InChI is InChI=1S/C14H20ClNOS2/c1-10(19(2)17)5-7-16-13-6-8-18-14-4-3-11(15)9-12(13)14/h3-4,9-10,13,16H,5-8H2,1-2H3. The summed E-state index contributed by atoms with van der Waals surface area (Å²) in [7, 11) is -0.731. The van der Waals surface area contributed by atoms with E-state index in [1.54, 1.807) is 6.26 Å². The number of rotatable bonds is 5. The van der Waals surface area contributed by atoms with Gasteiger partial charge in [-0.25, -0.2) is 0 Å². The molecule has 0 radical (unpaired) electrons. The quantitative estimate of drug-likeness (QED) is 0.899. The van der Waals surface area contributed by atoms with Crippen LogP contribution in [0.5, 0.6) is 0 Å². The first kappa shape index (κ1) is 15.4. The van der Waals surface area contributed by atoms with Gasteiger partial charge in [-0.15, -0.1) is 11.8 Å². The normalized spacial score (nSPS) is 21.7. The molecule has 0 aliphatic carbocycles. The molecule has 2 nitrogen and oxygen atoms in total. The van der Waals surface area contributed by atoms with Crippen LogP contribution in [0.2, 0.25) is 5.02 Å². The Kier molecular flexibility index (Phi) is 5.75. The Bertz CT molecular complexity index is 467. The van der Waals surface area contributed by atoms with Gasteiger partial charge in [0.25, 0.3) is 0 Å². The van der Waals surface area contributed by atoms with Crippen LogP contribution in [0.4, 0.5) is 0 Å². The third-order valence-electron chi connectivity index (χ3n) is 3.52. The fraction of sp³-hybridized carbons (Fsp3) is 0.571. The summed E-state index contributed by atoms with van der Waals surface area (Å²) in [6, 6.07) is 6.52. The zero-order valence-electron chi connectivity index (χ0n) is 11.3. The molecular weight excluding hydrogens is 298 g/mol. The molecule has 106 valence electrons. The summed E-state index contributed by atoms with van der Waals surface area (Å²) in [5.41, 5.74) is 1.31. The van der Waals surface area contributed by atoms with E-state index in [4.69, 9.17) is 11.6 Å². The lowest BCUT2D eigenvalue weighted by atomic mass is 10.0. The van der Waals surface area contributed by atoms with Crippen molar-refractivity contribution >= 4 is 34.2 Å². The Morgan fingerprint density at radius 2 is 2.37 bits per heavy atom. The van der Waals surface area contributed by atoms with Crippen molar-refractivity contribution in [1.82, 2.24) is 5.32 Å². The largest absolute Gasteiger partial charge is 0.310 e. The molecule has 0 amide bonds. The van der Waals surface area contributed by atoms with Gasteiger partial charge < -0.3 is 5.32 Å². The minimum atomic E-state index is -0.731. The van der Waals surface area contributed by atoms with Crippen LogP contribution in [0.1, 0.15) is 31.4 Å². The molecule has 0 spiro atoms. The maximum absolute atomic E-state index is 11.3. The zero-order valence-corrected chi connectivity index (χ0v) is 13.7. The fourth-order valence-corrected chi connectivity index (χ4v) is 3.94. The highest BCUT2D eigenvalue weighted by molar-refractivity contribution is 7.99. The first-order chi connectivity index (χ1) is 9.08. The van der Waals surface area contributed by atoms with E-state index in [1.807, 2.05) is 24.8 Å². The number of thioether (sulfide) groups is 1. The average Bonchev–Trinajstić information content (AvgIpc) is 2.39. The molecule has 0 aromatic heterocycles. The van der Waals surface area contributed by atoms with E-state index in [0.717, 1.165) is 30.2 Å². The van der Waals surface area contributed by atoms with Crippen LogP contribution < -0.4 is 5.32 Å². The molecule has 2 rings (SSSR count). The van der Waals surface area contributed by atoms with Crippen molar-refractivity contribution in [3.05, 3.63) is 28.8 Å². The molecule has 1 N–H and O–H groups in total. The zero-order chi connectivity index (χ0) is 13.8. The lowest BCUT2D eigenvalue weighted by Crippen LogP contribution is -2.28. The summed E-state index contributed by atoms with van der Waals surface area (Å²) >= 11 is 7.99. The topological polar surface area (TPSA) is 29.1 Å². The van der Waals surface area contributed by atoms with E-state index in [1.165, 1.54) is 10.5 Å². The Labute approximate surface area is 127 Å². The molecule has 1 aliphatic heterocycles. The van der Waals surface area contributed by atoms with Crippen molar-refractivity contribution in [3.8, 4) is 0 Å². The molecule has 5 heteroatoms. The van der Waals surface area contributed by atoms with Gasteiger partial charge in [-0.2, -0.15) is 0 Å². The Morgan fingerprint density at radius 1 is 1.58 bits per heavy atom. The third-order valence-corrected chi connectivity index (χ3v) is 6.25. The molecular formula is C14H20ClNOS2. The lowest BCUT2D eigenvalue weighted by Gasteiger charge is -2.26. The molecule has 0 bridgehead atoms. The van der Waals surface area contributed by atoms with E-state index < -0.39 is 10.8 Å². The first-order valence-corrected chi connectivity index (χ1v) is 9.54. The van der Waals surface area contributed by atoms with Crippen LogP contribution in [0.3, 0.4) is 0 Å². The number of fused-ring (bicyclic) bond motifs is 1. The molecule has 19 heavy (non-hydrogen) atoms. The maximum Gasteiger partial charge on any atom is 0.0410 e. The lowest BCUT2D eigenvalue weighted by molar-refractivity contribution is 0.500. The highest BCUT2D eigenvalue weighted by Crippen LogP contribution is 2.37. The predicted octanol–water partition coefficient (Wildman–Crippen LogP) is 3.62. The van der Waals surface area contributed by atoms with Gasteiger partial charge in [-0.1, -0.05) is 18.5 Å². The van der Waals surface area contributed by atoms with Gasteiger partial charge in [0, 0.05) is 38.3 Å². The number of benzene rings is 1. The third kappa shape index (κ3) is 4.22. The van der Waals surface area contributed by atoms with Gasteiger partial charge >= 0.3 is 0 Å². The molecule has 1 heterocycles. The number of hydrogen-bond donors (Lipinski definition) is 1. The van der Waals surface area contributed by atoms with Crippen LogP contribution in [-0.2, 0) is 10.8 Å². The van der Waals surface area contributed by atoms with Crippen molar-refractivity contribution in [2.45, 2.75) is 36.0 Å². The number of hydrogen-bond acceptors (Lipinski definition) is 3. The second-order valence-electron chi connectivity index (χ2n) is 4.92. The van der Waals surface area contributed by atoms with Crippen LogP contribution in [0.15, 0.2) is 23.1 Å². The molecule has 3 atom stereocenters. The van der Waals surface area contributed by atoms with Gasteiger partial charge in [0.15, 0.2) is 0 Å². The Balaban J connectivity index is 1.96. The number of halogens is 1. The van der Waals surface area contributed by atoms with E-state index in [-0.39, 0.29) is 5.25 Å². The van der Waals surface area contributed by atoms with Gasteiger partial charge in [0.1, 0.15) is 0 Å². The van der Waals surface area contributed by atoms with Crippen LogP contribution >= 0.6 is 23.4 Å². The van der Waals surface area contributed by atoms with Crippen LogP contribution in [0, 0.1) is 0 Å². The summed E-state index contributed by atoms with van der Waals surface area (Å²) in [5.74, 6) is 1.14. The molecule has 0 saturated heterocycles. The van der Waals surface area contributed by atoms with E-state index in [2.05, 4.69) is 17.4 Å². The highest BCUT2D eigenvalue weighted by Gasteiger charge is 2.20. The first-order valence-electron chi connectivity index (χ1n) is 6.56. The van der Waals surface area contributed by atoms with Gasteiger partial charge in [-0.3, -0.25) is 4.21 Å². The van der Waals surface area contributed by atoms with Crippen molar-refractivity contribution < 1.29 is 4.21 Å². The molecule has 1 aliphatic rings. The second-order valence-corrected chi connectivity index (χ2v) is 8.30. The van der Waals surface area contributed by atoms with Gasteiger partial charge in [-0.05, 0) is 48.9 Å². The minimum Gasteiger partial charge on any atom is -0.310 e. The summed E-state index contributed by atoms with van der Waals surface area (Å²) < 4.78 is 11.3. The van der Waals surface area contributed by atoms with Crippen molar-refractivity contribution in [2.75, 3.05) is 18.6 Å². The predicted molar refractivity (Wildman–Crippen MR) is 85.7 cm³/mol. The summed E-state index contributed by atoms with van der Waals surface area (Å²) in [5, 5.41) is 4.64. The van der Waals surface area contributed by atoms with Crippen molar-refractivity contribution in [1.29, 1.82) is 0 Å². The highest BCUT2D eigenvalue weighted by atomic mass is 35.5. The SMILES string of the molecule is CC(CCNC1CCSc2ccc(Cl)cc21)S(C)=O. The van der Waals surface area contributed by atoms with E-state index in [0.29, 0.717) is 6.04 Å². The fourth-order valence-electron chi connectivity index (χ4n) is 2.20. The monoisotopic (exact) mass is 317 g/mol. The Morgan fingerprint density at radius 3 is 3.11 bits per heavy atom. The Hall–Kier alpha value is -0.0300. The molecule has 3 unspecified atom stereocenters.